The van der Waals surface area contributed by atoms with Crippen molar-refractivity contribution in [1.82, 2.24) is 0 Å². The summed E-state index contributed by atoms with van der Waals surface area (Å²) in [5.74, 6) is -0.960. The summed E-state index contributed by atoms with van der Waals surface area (Å²) < 4.78 is 16.8. The van der Waals surface area contributed by atoms with E-state index in [9.17, 15) is 14.4 Å². The van der Waals surface area contributed by atoms with Crippen LogP contribution in [0.2, 0.25) is 0 Å². The maximum absolute atomic E-state index is 12.9. The minimum absolute atomic E-state index is 0.0964. The third kappa shape index (κ3) is 62.7. The fourth-order valence-electron chi connectivity index (χ4n) is 8.85. The second kappa shape index (κ2) is 65.3. The van der Waals surface area contributed by atoms with E-state index < -0.39 is 6.10 Å². The lowest BCUT2D eigenvalue weighted by Gasteiger charge is -2.18. The first kappa shape index (κ1) is 73.8. The van der Waals surface area contributed by atoms with Crippen molar-refractivity contribution < 1.29 is 28.6 Å². The van der Waals surface area contributed by atoms with Crippen molar-refractivity contribution in [2.75, 3.05) is 13.2 Å². The molecule has 6 heteroatoms. The third-order valence-electron chi connectivity index (χ3n) is 13.7. The maximum atomic E-state index is 12.9. The molecule has 0 aromatic heterocycles. The average Bonchev–Trinajstić information content (AvgIpc) is 3.44. The number of allylic oxidation sites excluding steroid dienone is 20. The number of ether oxygens (including phenoxy) is 3. The van der Waals surface area contributed by atoms with Crippen LogP contribution in [0.4, 0.5) is 0 Å². The van der Waals surface area contributed by atoms with Crippen molar-refractivity contribution in [3.8, 4) is 0 Å². The number of esters is 3. The van der Waals surface area contributed by atoms with Gasteiger partial charge in [-0.2, -0.15) is 0 Å². The summed E-state index contributed by atoms with van der Waals surface area (Å²) in [5, 5.41) is 0. The van der Waals surface area contributed by atoms with Gasteiger partial charge in [0, 0.05) is 19.3 Å². The summed E-state index contributed by atoms with van der Waals surface area (Å²) >= 11 is 0. The Labute approximate surface area is 482 Å². The number of hydrogen-bond donors (Lipinski definition) is 0. The average molecular weight is 1080 g/mol. The van der Waals surface area contributed by atoms with E-state index in [1.165, 1.54) is 148 Å². The van der Waals surface area contributed by atoms with E-state index in [1.807, 2.05) is 0 Å². The molecule has 0 aliphatic rings. The van der Waals surface area contributed by atoms with Gasteiger partial charge in [0.2, 0.25) is 0 Å². The summed E-state index contributed by atoms with van der Waals surface area (Å²) in [6, 6.07) is 0. The van der Waals surface area contributed by atoms with Crippen LogP contribution >= 0.6 is 0 Å². The number of carbonyl (C=O) groups excluding carboxylic acids is 3. The molecule has 0 aromatic carbocycles. The van der Waals surface area contributed by atoms with Crippen molar-refractivity contribution in [3.05, 3.63) is 122 Å². The lowest BCUT2D eigenvalue weighted by atomic mass is 10.0. The largest absolute Gasteiger partial charge is 0.462 e. The molecule has 0 amide bonds. The highest BCUT2D eigenvalue weighted by Crippen LogP contribution is 2.16. The molecule has 0 saturated carbocycles. The highest BCUT2D eigenvalue weighted by atomic mass is 16.6. The van der Waals surface area contributed by atoms with Gasteiger partial charge in [-0.1, -0.05) is 290 Å². The van der Waals surface area contributed by atoms with E-state index in [2.05, 4.69) is 142 Å². The quantitative estimate of drug-likeness (QED) is 0.0261. The first-order chi connectivity index (χ1) is 38.5. The fraction of sp³-hybridized carbons (Fsp3) is 0.681. The molecule has 0 radical (unpaired) electrons. The maximum Gasteiger partial charge on any atom is 0.306 e. The lowest BCUT2D eigenvalue weighted by molar-refractivity contribution is -0.167. The summed E-state index contributed by atoms with van der Waals surface area (Å²) in [4.78, 5) is 38.1. The minimum Gasteiger partial charge on any atom is -0.462 e. The molecule has 0 aliphatic carbocycles. The highest BCUT2D eigenvalue weighted by molar-refractivity contribution is 5.71. The molecule has 0 aliphatic heterocycles. The molecule has 0 saturated heterocycles. The van der Waals surface area contributed by atoms with E-state index >= 15 is 0 Å². The molecule has 0 rings (SSSR count). The summed E-state index contributed by atoms with van der Waals surface area (Å²) in [5.41, 5.74) is 0. The normalized spacial score (nSPS) is 12.9. The minimum atomic E-state index is -0.803. The molecule has 1 unspecified atom stereocenters. The second-order valence-corrected chi connectivity index (χ2v) is 21.3. The van der Waals surface area contributed by atoms with Gasteiger partial charge in [0.1, 0.15) is 13.2 Å². The van der Waals surface area contributed by atoms with Crippen LogP contribution in [0.25, 0.3) is 0 Å². The number of unbranched alkanes of at least 4 members (excludes halogenated alkanes) is 27. The topological polar surface area (TPSA) is 78.9 Å². The Kier molecular flexibility index (Phi) is 61.8. The molecule has 78 heavy (non-hydrogen) atoms. The third-order valence-corrected chi connectivity index (χ3v) is 13.7. The number of hydrogen-bond acceptors (Lipinski definition) is 6. The molecule has 0 bridgehead atoms. The van der Waals surface area contributed by atoms with Crippen molar-refractivity contribution in [3.63, 3.8) is 0 Å². The van der Waals surface area contributed by atoms with Crippen LogP contribution in [0, 0.1) is 0 Å². The molecule has 1 atom stereocenters. The van der Waals surface area contributed by atoms with Crippen LogP contribution < -0.4 is 0 Å². The predicted octanol–water partition coefficient (Wildman–Crippen LogP) is 22.4. The summed E-state index contributed by atoms with van der Waals surface area (Å²) in [6.45, 7) is 6.46. The Hall–Kier alpha value is -4.19. The van der Waals surface area contributed by atoms with E-state index in [4.69, 9.17) is 14.2 Å². The van der Waals surface area contributed by atoms with Crippen molar-refractivity contribution in [2.45, 2.75) is 303 Å². The summed E-state index contributed by atoms with van der Waals surface area (Å²) in [6.07, 6.45) is 90.9. The van der Waals surface area contributed by atoms with Gasteiger partial charge < -0.3 is 14.2 Å². The standard InChI is InChI=1S/C72H120O6/c1-4-7-10-13-16-19-21-23-25-27-29-31-33-34-35-36-37-38-40-41-43-45-47-49-51-53-56-59-62-65-71(74)77-68-69(67-76-70(73)64-61-58-55-18-15-12-9-6-3)78-72(75)66-63-60-57-54-52-50-48-46-44-42-39-32-30-28-26-24-22-20-17-14-11-8-5-2/h7,10,16,19,23,25,28-31,34-35,37-38,41,43,47,49,53,56,69H,4-6,8-9,11-15,17-18,20-22,24,26-27,32-33,36,39-40,42,44-46,48,50-52,54-55,57-68H2,1-3H3/b10-7-,19-16-,25-23-,30-28-,31-29-,35-34-,38-37-,43-41-,49-47-,56-53-. The smallest absolute Gasteiger partial charge is 0.306 e. The van der Waals surface area contributed by atoms with Crippen LogP contribution in [0.15, 0.2) is 122 Å². The van der Waals surface area contributed by atoms with Gasteiger partial charge in [-0.3, -0.25) is 14.4 Å². The van der Waals surface area contributed by atoms with Crippen LogP contribution in [-0.4, -0.2) is 37.2 Å². The van der Waals surface area contributed by atoms with E-state index in [0.717, 1.165) is 103 Å². The van der Waals surface area contributed by atoms with Crippen LogP contribution in [0.1, 0.15) is 297 Å². The van der Waals surface area contributed by atoms with Crippen LogP contribution in [0.5, 0.6) is 0 Å². The second-order valence-electron chi connectivity index (χ2n) is 21.3. The Morgan fingerprint density at radius 1 is 0.269 bits per heavy atom. The molecule has 0 fully saturated rings. The zero-order valence-corrected chi connectivity index (χ0v) is 50.9. The summed E-state index contributed by atoms with van der Waals surface area (Å²) in [7, 11) is 0. The predicted molar refractivity (Wildman–Crippen MR) is 339 cm³/mol. The zero-order chi connectivity index (χ0) is 56.4. The molecular formula is C72H120O6. The fourth-order valence-corrected chi connectivity index (χ4v) is 8.85. The van der Waals surface area contributed by atoms with Crippen LogP contribution in [0.3, 0.4) is 0 Å². The Bertz CT molecular complexity index is 1620. The molecule has 0 aromatic rings. The SMILES string of the molecule is CC/C=C\C/C=C\C/C=C\C/C=C\C/C=C\C/C=C\C/C=C\C/C=C\C/C=C\CCCC(=O)OCC(COC(=O)CCCCCCCCCC)OC(=O)CCCCCCCCCCCCC/C=C\CCCCCCCCCC. The number of carbonyl (C=O) groups is 3. The van der Waals surface area contributed by atoms with E-state index in [1.54, 1.807) is 0 Å². The van der Waals surface area contributed by atoms with E-state index in [-0.39, 0.29) is 37.5 Å². The molecule has 6 nitrogen and oxygen atoms in total. The molecular weight excluding hydrogens is 961 g/mol. The highest BCUT2D eigenvalue weighted by Gasteiger charge is 2.19. The van der Waals surface area contributed by atoms with Crippen molar-refractivity contribution >= 4 is 17.9 Å². The van der Waals surface area contributed by atoms with Gasteiger partial charge in [0.05, 0.1) is 0 Å². The first-order valence-corrected chi connectivity index (χ1v) is 32.5. The monoisotopic (exact) mass is 1080 g/mol. The van der Waals surface area contributed by atoms with Crippen LogP contribution in [-0.2, 0) is 28.6 Å². The molecule has 0 N–H and O–H groups in total. The molecule has 0 heterocycles. The Balaban J connectivity index is 4.30. The molecule has 444 valence electrons. The lowest BCUT2D eigenvalue weighted by Crippen LogP contribution is -2.30. The van der Waals surface area contributed by atoms with Crippen molar-refractivity contribution in [2.24, 2.45) is 0 Å². The van der Waals surface area contributed by atoms with E-state index in [0.29, 0.717) is 19.3 Å². The van der Waals surface area contributed by atoms with Gasteiger partial charge in [-0.25, -0.2) is 0 Å². The van der Waals surface area contributed by atoms with Gasteiger partial charge in [0.15, 0.2) is 6.10 Å². The first-order valence-electron chi connectivity index (χ1n) is 32.5. The van der Waals surface area contributed by atoms with Gasteiger partial charge in [-0.05, 0) is 109 Å². The van der Waals surface area contributed by atoms with Gasteiger partial charge in [-0.15, -0.1) is 0 Å². The van der Waals surface area contributed by atoms with Gasteiger partial charge >= 0.3 is 17.9 Å². The van der Waals surface area contributed by atoms with Gasteiger partial charge in [0.25, 0.3) is 0 Å². The molecule has 0 spiro atoms. The van der Waals surface area contributed by atoms with Crippen molar-refractivity contribution in [1.29, 1.82) is 0 Å². The zero-order valence-electron chi connectivity index (χ0n) is 50.9. The Morgan fingerprint density at radius 3 is 0.846 bits per heavy atom. The number of rotatable bonds is 58. The Morgan fingerprint density at radius 2 is 0.513 bits per heavy atom.